The molecular formula is C8H12N4O. The molecule has 1 aromatic rings. The Labute approximate surface area is 75.9 Å². The van der Waals surface area contributed by atoms with Gasteiger partial charge in [0.15, 0.2) is 0 Å². The fraction of sp³-hybridized carbons (Fsp3) is 0.500. The van der Waals surface area contributed by atoms with Crippen molar-refractivity contribution in [3.63, 3.8) is 0 Å². The van der Waals surface area contributed by atoms with Crippen LogP contribution in [0.25, 0.3) is 0 Å². The van der Waals surface area contributed by atoms with Gasteiger partial charge in [0.2, 0.25) is 5.91 Å². The Bertz CT molecular complexity index is 278. The van der Waals surface area contributed by atoms with Gasteiger partial charge in [0.1, 0.15) is 0 Å². The van der Waals surface area contributed by atoms with Crippen molar-refractivity contribution in [3.05, 3.63) is 12.4 Å². The van der Waals surface area contributed by atoms with Gasteiger partial charge in [0.25, 0.3) is 0 Å². The van der Waals surface area contributed by atoms with Gasteiger partial charge in [-0.25, -0.2) is 0 Å². The van der Waals surface area contributed by atoms with Crippen LogP contribution in [0.4, 0.5) is 5.69 Å². The molecule has 1 aliphatic rings. The lowest BCUT2D eigenvalue weighted by Crippen LogP contribution is -2.43. The number of anilines is 1. The van der Waals surface area contributed by atoms with Gasteiger partial charge in [-0.1, -0.05) is 0 Å². The van der Waals surface area contributed by atoms with E-state index in [4.69, 9.17) is 0 Å². The van der Waals surface area contributed by atoms with E-state index in [2.05, 4.69) is 20.8 Å². The van der Waals surface area contributed by atoms with Crippen LogP contribution in [0.15, 0.2) is 12.4 Å². The zero-order valence-electron chi connectivity index (χ0n) is 7.21. The number of nitrogens with zero attached hydrogens (tertiary/aromatic N) is 1. The Kier molecular flexibility index (Phi) is 2.27. The Balaban J connectivity index is 1.78. The molecule has 1 saturated heterocycles. The molecule has 13 heavy (non-hydrogen) atoms. The van der Waals surface area contributed by atoms with Crippen molar-refractivity contribution in [2.75, 3.05) is 18.4 Å². The van der Waals surface area contributed by atoms with Crippen LogP contribution in [0.2, 0.25) is 0 Å². The third kappa shape index (κ3) is 2.06. The van der Waals surface area contributed by atoms with E-state index >= 15 is 0 Å². The molecule has 1 aromatic heterocycles. The molecule has 3 N–H and O–H groups in total. The van der Waals surface area contributed by atoms with E-state index < -0.39 is 0 Å². The second-order valence-electron chi connectivity index (χ2n) is 3.26. The normalized spacial score (nSPS) is 16.6. The summed E-state index contributed by atoms with van der Waals surface area (Å²) in [5, 5.41) is 12.3. The summed E-state index contributed by atoms with van der Waals surface area (Å²) >= 11 is 0. The number of rotatable bonds is 3. The summed E-state index contributed by atoms with van der Waals surface area (Å²) in [6.45, 7) is 1.91. The third-order valence-corrected chi connectivity index (χ3v) is 2.12. The van der Waals surface area contributed by atoms with Crippen LogP contribution in [0.5, 0.6) is 0 Å². The van der Waals surface area contributed by atoms with Crippen molar-refractivity contribution in [2.24, 2.45) is 5.92 Å². The lowest BCUT2D eigenvalue weighted by Gasteiger charge is -2.26. The van der Waals surface area contributed by atoms with Crippen molar-refractivity contribution < 1.29 is 4.79 Å². The summed E-state index contributed by atoms with van der Waals surface area (Å²) < 4.78 is 0. The molecule has 0 saturated carbocycles. The quantitative estimate of drug-likeness (QED) is 0.611. The first kappa shape index (κ1) is 8.25. The van der Waals surface area contributed by atoms with Crippen molar-refractivity contribution in [2.45, 2.75) is 6.42 Å². The summed E-state index contributed by atoms with van der Waals surface area (Å²) in [4.78, 5) is 11.3. The predicted molar refractivity (Wildman–Crippen MR) is 48.2 cm³/mol. The number of H-pyrrole nitrogens is 1. The molecule has 0 aromatic carbocycles. The minimum absolute atomic E-state index is 0.0629. The van der Waals surface area contributed by atoms with Gasteiger partial charge in [0, 0.05) is 12.6 Å². The summed E-state index contributed by atoms with van der Waals surface area (Å²) in [6, 6.07) is 0. The smallest absolute Gasteiger partial charge is 0.224 e. The summed E-state index contributed by atoms with van der Waals surface area (Å²) in [5.74, 6) is 0.569. The van der Waals surface area contributed by atoms with E-state index in [1.165, 1.54) is 0 Å². The van der Waals surface area contributed by atoms with E-state index in [9.17, 15) is 4.79 Å². The number of aromatic amines is 1. The van der Waals surface area contributed by atoms with Crippen molar-refractivity contribution >= 4 is 11.6 Å². The van der Waals surface area contributed by atoms with Crippen molar-refractivity contribution in [1.82, 2.24) is 15.5 Å². The lowest BCUT2D eigenvalue weighted by atomic mass is 9.99. The second-order valence-corrected chi connectivity index (χ2v) is 3.26. The maximum absolute atomic E-state index is 11.3. The highest BCUT2D eigenvalue weighted by molar-refractivity contribution is 5.90. The number of hydrogen-bond acceptors (Lipinski definition) is 3. The predicted octanol–water partition coefficient (Wildman–Crippen LogP) is -0.0423. The first-order chi connectivity index (χ1) is 6.34. The highest BCUT2D eigenvalue weighted by Crippen LogP contribution is 2.10. The molecule has 2 heterocycles. The fourth-order valence-electron chi connectivity index (χ4n) is 1.29. The molecule has 70 valence electrons. The van der Waals surface area contributed by atoms with Gasteiger partial charge < -0.3 is 10.6 Å². The Morgan fingerprint density at radius 2 is 2.54 bits per heavy atom. The Morgan fingerprint density at radius 3 is 3.08 bits per heavy atom. The van der Waals surface area contributed by atoms with Gasteiger partial charge in [-0.05, 0) is 19.0 Å². The number of nitrogens with one attached hydrogen (secondary N) is 3. The van der Waals surface area contributed by atoms with Crippen molar-refractivity contribution in [3.8, 4) is 0 Å². The molecule has 1 fully saturated rings. The van der Waals surface area contributed by atoms with Gasteiger partial charge in [-0.2, -0.15) is 5.10 Å². The summed E-state index contributed by atoms with van der Waals surface area (Å²) in [7, 11) is 0. The number of carbonyl (C=O) groups is 1. The topological polar surface area (TPSA) is 69.8 Å². The van der Waals surface area contributed by atoms with Crippen LogP contribution in [-0.2, 0) is 4.79 Å². The molecule has 0 spiro atoms. The van der Waals surface area contributed by atoms with Crippen LogP contribution in [-0.4, -0.2) is 29.2 Å². The van der Waals surface area contributed by atoms with Crippen LogP contribution < -0.4 is 10.6 Å². The monoisotopic (exact) mass is 180 g/mol. The maximum atomic E-state index is 11.3. The van der Waals surface area contributed by atoms with E-state index in [0.29, 0.717) is 12.3 Å². The largest absolute Gasteiger partial charge is 0.323 e. The highest BCUT2D eigenvalue weighted by Gasteiger charge is 2.19. The molecule has 0 aliphatic carbocycles. The Morgan fingerprint density at radius 1 is 1.69 bits per heavy atom. The summed E-state index contributed by atoms with van der Waals surface area (Å²) in [6.07, 6.45) is 3.85. The molecule has 5 heteroatoms. The first-order valence-corrected chi connectivity index (χ1v) is 4.34. The van der Waals surface area contributed by atoms with Crippen LogP contribution >= 0.6 is 0 Å². The van der Waals surface area contributed by atoms with E-state index in [-0.39, 0.29) is 5.91 Å². The summed E-state index contributed by atoms with van der Waals surface area (Å²) in [5.41, 5.74) is 0.734. The molecule has 0 radical (unpaired) electrons. The van der Waals surface area contributed by atoms with E-state index in [1.807, 2.05) is 0 Å². The van der Waals surface area contributed by atoms with Crippen LogP contribution in [0, 0.1) is 5.92 Å². The molecule has 2 rings (SSSR count). The number of hydrogen-bond donors (Lipinski definition) is 3. The van der Waals surface area contributed by atoms with Gasteiger partial charge in [-0.3, -0.25) is 9.89 Å². The standard InChI is InChI=1S/C8H12N4O/c13-8(1-6-2-9-3-6)12-7-4-10-11-5-7/h4-6,9H,1-3H2,(H,10,11)(H,12,13). The minimum Gasteiger partial charge on any atom is -0.323 e. The van der Waals surface area contributed by atoms with E-state index in [1.54, 1.807) is 12.4 Å². The SMILES string of the molecule is O=C(CC1CNC1)Nc1cn[nH]c1. The van der Waals surface area contributed by atoms with Gasteiger partial charge >= 0.3 is 0 Å². The molecule has 1 aliphatic heterocycles. The molecule has 0 unspecified atom stereocenters. The molecule has 5 nitrogen and oxygen atoms in total. The molecule has 1 amide bonds. The van der Waals surface area contributed by atoms with Crippen molar-refractivity contribution in [1.29, 1.82) is 0 Å². The third-order valence-electron chi connectivity index (χ3n) is 2.12. The highest BCUT2D eigenvalue weighted by atomic mass is 16.1. The fourth-order valence-corrected chi connectivity index (χ4v) is 1.29. The number of aromatic nitrogens is 2. The van der Waals surface area contributed by atoms with Gasteiger partial charge in [0.05, 0.1) is 11.9 Å². The average Bonchev–Trinajstić information content (AvgIpc) is 2.49. The zero-order chi connectivity index (χ0) is 9.10. The Hall–Kier alpha value is -1.36. The number of amides is 1. The van der Waals surface area contributed by atoms with Crippen LogP contribution in [0.1, 0.15) is 6.42 Å². The number of carbonyl (C=O) groups excluding carboxylic acids is 1. The second kappa shape index (κ2) is 3.57. The molecule has 0 atom stereocenters. The average molecular weight is 180 g/mol. The lowest BCUT2D eigenvalue weighted by molar-refractivity contribution is -0.117. The van der Waals surface area contributed by atoms with Gasteiger partial charge in [-0.15, -0.1) is 0 Å². The van der Waals surface area contributed by atoms with Crippen LogP contribution in [0.3, 0.4) is 0 Å². The minimum atomic E-state index is 0.0629. The van der Waals surface area contributed by atoms with E-state index in [0.717, 1.165) is 18.8 Å². The molecular weight excluding hydrogens is 168 g/mol. The zero-order valence-corrected chi connectivity index (χ0v) is 7.21. The maximum Gasteiger partial charge on any atom is 0.224 e. The first-order valence-electron chi connectivity index (χ1n) is 4.34. The molecule has 0 bridgehead atoms.